The Morgan fingerprint density at radius 3 is 1.66 bits per heavy atom. The first-order chi connectivity index (χ1) is 17.1. The maximum Gasteiger partial charge on any atom is 0.306 e. The SMILES string of the molecule is CCCC/C=C\CCCCCCCC(=O)OC(CCCCCCCCCCCCC)CCC(=O)O. The van der Waals surface area contributed by atoms with Crippen LogP contribution in [0.15, 0.2) is 12.2 Å². The number of unbranched alkanes of at least 4 members (excludes halogenated alkanes) is 17. The summed E-state index contributed by atoms with van der Waals surface area (Å²) in [7, 11) is 0. The molecule has 0 aliphatic rings. The summed E-state index contributed by atoms with van der Waals surface area (Å²) < 4.78 is 5.67. The van der Waals surface area contributed by atoms with Gasteiger partial charge in [0.25, 0.3) is 0 Å². The van der Waals surface area contributed by atoms with Gasteiger partial charge in [0, 0.05) is 12.8 Å². The van der Waals surface area contributed by atoms with E-state index >= 15 is 0 Å². The first-order valence-corrected chi connectivity index (χ1v) is 15.2. The van der Waals surface area contributed by atoms with E-state index in [-0.39, 0.29) is 18.5 Å². The van der Waals surface area contributed by atoms with E-state index in [4.69, 9.17) is 9.84 Å². The quantitative estimate of drug-likeness (QED) is 0.0701. The van der Waals surface area contributed by atoms with Crippen molar-refractivity contribution < 1.29 is 19.4 Å². The van der Waals surface area contributed by atoms with Gasteiger partial charge in [-0.3, -0.25) is 9.59 Å². The van der Waals surface area contributed by atoms with Crippen molar-refractivity contribution in [2.45, 2.75) is 174 Å². The standard InChI is InChI=1S/C31H58O4/c1-3-5-7-9-11-13-15-17-19-21-23-25-29(27-28-30(32)33)35-31(34)26-24-22-20-18-16-14-12-10-8-6-4-2/h10,12,29H,3-9,11,13-28H2,1-2H3,(H,32,33)/b12-10-. The summed E-state index contributed by atoms with van der Waals surface area (Å²) in [5.41, 5.74) is 0. The number of esters is 1. The topological polar surface area (TPSA) is 63.6 Å². The molecule has 0 saturated heterocycles. The van der Waals surface area contributed by atoms with Gasteiger partial charge in [0.1, 0.15) is 6.10 Å². The van der Waals surface area contributed by atoms with E-state index in [2.05, 4.69) is 26.0 Å². The zero-order chi connectivity index (χ0) is 25.8. The van der Waals surface area contributed by atoms with Crippen LogP contribution in [0.3, 0.4) is 0 Å². The molecule has 1 atom stereocenters. The molecule has 0 aromatic heterocycles. The third-order valence-electron chi connectivity index (χ3n) is 6.75. The van der Waals surface area contributed by atoms with E-state index in [9.17, 15) is 9.59 Å². The molecule has 0 heterocycles. The van der Waals surface area contributed by atoms with Crippen LogP contribution in [0.5, 0.6) is 0 Å². The van der Waals surface area contributed by atoms with E-state index in [1.807, 2.05) is 0 Å². The van der Waals surface area contributed by atoms with Crippen molar-refractivity contribution in [1.29, 1.82) is 0 Å². The van der Waals surface area contributed by atoms with Gasteiger partial charge in [0.15, 0.2) is 0 Å². The first-order valence-electron chi connectivity index (χ1n) is 15.2. The summed E-state index contributed by atoms with van der Waals surface area (Å²) >= 11 is 0. The van der Waals surface area contributed by atoms with Crippen molar-refractivity contribution in [1.82, 2.24) is 0 Å². The van der Waals surface area contributed by atoms with E-state index in [0.29, 0.717) is 12.8 Å². The van der Waals surface area contributed by atoms with Crippen molar-refractivity contribution in [2.75, 3.05) is 0 Å². The summed E-state index contributed by atoms with van der Waals surface area (Å²) in [5, 5.41) is 9.03. The molecule has 206 valence electrons. The second-order valence-corrected chi connectivity index (χ2v) is 10.3. The Bertz CT molecular complexity index is 500. The van der Waals surface area contributed by atoms with Crippen LogP contribution in [0.25, 0.3) is 0 Å². The molecular weight excluding hydrogens is 436 g/mol. The van der Waals surface area contributed by atoms with Gasteiger partial charge >= 0.3 is 11.9 Å². The second-order valence-electron chi connectivity index (χ2n) is 10.3. The fraction of sp³-hybridized carbons (Fsp3) is 0.871. The Hall–Kier alpha value is -1.32. The lowest BCUT2D eigenvalue weighted by Crippen LogP contribution is -2.19. The molecule has 0 bridgehead atoms. The van der Waals surface area contributed by atoms with Crippen LogP contribution in [0, 0.1) is 0 Å². The average Bonchev–Trinajstić information content (AvgIpc) is 2.84. The zero-order valence-corrected chi connectivity index (χ0v) is 23.4. The van der Waals surface area contributed by atoms with Crippen LogP contribution >= 0.6 is 0 Å². The maximum absolute atomic E-state index is 12.3. The molecule has 0 aromatic rings. The minimum absolute atomic E-state index is 0.0723. The highest BCUT2D eigenvalue weighted by Gasteiger charge is 2.15. The molecular formula is C31H58O4. The molecule has 0 aliphatic carbocycles. The Morgan fingerprint density at radius 2 is 1.09 bits per heavy atom. The van der Waals surface area contributed by atoms with E-state index in [1.165, 1.54) is 89.9 Å². The molecule has 35 heavy (non-hydrogen) atoms. The monoisotopic (exact) mass is 494 g/mol. The van der Waals surface area contributed by atoms with Gasteiger partial charge in [-0.15, -0.1) is 0 Å². The van der Waals surface area contributed by atoms with Gasteiger partial charge in [0.2, 0.25) is 0 Å². The number of carbonyl (C=O) groups is 2. The van der Waals surface area contributed by atoms with E-state index in [1.54, 1.807) is 0 Å². The van der Waals surface area contributed by atoms with Gasteiger partial charge in [-0.05, 0) is 44.9 Å². The van der Waals surface area contributed by atoms with Crippen molar-refractivity contribution in [3.05, 3.63) is 12.2 Å². The molecule has 0 fully saturated rings. The largest absolute Gasteiger partial charge is 0.481 e. The summed E-state index contributed by atoms with van der Waals surface area (Å²) in [6.07, 6.45) is 30.7. The summed E-state index contributed by atoms with van der Waals surface area (Å²) in [6.45, 7) is 4.48. The van der Waals surface area contributed by atoms with Gasteiger partial charge in [0.05, 0.1) is 0 Å². The number of hydrogen-bond acceptors (Lipinski definition) is 3. The Morgan fingerprint density at radius 1 is 0.600 bits per heavy atom. The normalized spacial score (nSPS) is 12.3. The Kier molecular flexibility index (Phi) is 26.2. The zero-order valence-electron chi connectivity index (χ0n) is 23.4. The summed E-state index contributed by atoms with van der Waals surface area (Å²) in [4.78, 5) is 23.3. The number of carboxylic acid groups (broad SMARTS) is 1. The van der Waals surface area contributed by atoms with Crippen LogP contribution in [0.2, 0.25) is 0 Å². The predicted octanol–water partition coefficient (Wildman–Crippen LogP) is 9.94. The van der Waals surface area contributed by atoms with E-state index in [0.717, 1.165) is 44.9 Å². The molecule has 0 spiro atoms. The number of ether oxygens (including phenoxy) is 1. The maximum atomic E-state index is 12.3. The first kappa shape index (κ1) is 33.7. The van der Waals surface area contributed by atoms with Gasteiger partial charge in [-0.2, -0.15) is 0 Å². The Labute approximate surface area is 217 Å². The lowest BCUT2D eigenvalue weighted by molar-refractivity contribution is -0.151. The molecule has 0 radical (unpaired) electrons. The van der Waals surface area contributed by atoms with E-state index < -0.39 is 5.97 Å². The van der Waals surface area contributed by atoms with Crippen LogP contribution in [-0.2, 0) is 14.3 Å². The summed E-state index contributed by atoms with van der Waals surface area (Å²) in [6, 6.07) is 0. The number of allylic oxidation sites excluding steroid dienone is 2. The molecule has 1 N–H and O–H groups in total. The van der Waals surface area contributed by atoms with Crippen molar-refractivity contribution in [3.63, 3.8) is 0 Å². The highest BCUT2D eigenvalue weighted by molar-refractivity contribution is 5.69. The molecule has 0 saturated carbocycles. The van der Waals surface area contributed by atoms with Crippen LogP contribution in [-0.4, -0.2) is 23.1 Å². The van der Waals surface area contributed by atoms with Crippen LogP contribution in [0.1, 0.15) is 168 Å². The molecule has 1 unspecified atom stereocenters. The average molecular weight is 495 g/mol. The van der Waals surface area contributed by atoms with Gasteiger partial charge in [-0.1, -0.05) is 122 Å². The highest BCUT2D eigenvalue weighted by Crippen LogP contribution is 2.17. The third-order valence-corrected chi connectivity index (χ3v) is 6.75. The van der Waals surface area contributed by atoms with Crippen molar-refractivity contribution >= 4 is 11.9 Å². The molecule has 0 rings (SSSR count). The lowest BCUT2D eigenvalue weighted by atomic mass is 10.0. The second kappa shape index (κ2) is 27.3. The van der Waals surface area contributed by atoms with Crippen molar-refractivity contribution in [3.8, 4) is 0 Å². The van der Waals surface area contributed by atoms with Gasteiger partial charge in [-0.25, -0.2) is 0 Å². The third kappa shape index (κ3) is 27.1. The fourth-order valence-electron chi connectivity index (χ4n) is 4.45. The number of carboxylic acids is 1. The number of rotatable bonds is 27. The fourth-order valence-corrected chi connectivity index (χ4v) is 4.45. The van der Waals surface area contributed by atoms with Gasteiger partial charge < -0.3 is 9.84 Å². The minimum Gasteiger partial charge on any atom is -0.481 e. The molecule has 0 aromatic carbocycles. The van der Waals surface area contributed by atoms with Crippen LogP contribution in [0.4, 0.5) is 0 Å². The number of hydrogen-bond donors (Lipinski definition) is 1. The minimum atomic E-state index is -0.815. The Balaban J connectivity index is 3.83. The molecule has 0 amide bonds. The number of aliphatic carboxylic acids is 1. The smallest absolute Gasteiger partial charge is 0.306 e. The molecule has 0 aliphatic heterocycles. The highest BCUT2D eigenvalue weighted by atomic mass is 16.5. The predicted molar refractivity (Wildman–Crippen MR) is 149 cm³/mol. The van der Waals surface area contributed by atoms with Crippen molar-refractivity contribution in [2.24, 2.45) is 0 Å². The lowest BCUT2D eigenvalue weighted by Gasteiger charge is -2.17. The summed E-state index contributed by atoms with van der Waals surface area (Å²) in [5.74, 6) is -0.965. The number of carbonyl (C=O) groups excluding carboxylic acids is 1. The van der Waals surface area contributed by atoms with Crippen LogP contribution < -0.4 is 0 Å². The molecule has 4 heteroatoms. The molecule has 4 nitrogen and oxygen atoms in total.